The molecule has 0 aliphatic carbocycles. The summed E-state index contributed by atoms with van der Waals surface area (Å²) in [5.74, 6) is -1.40. The van der Waals surface area contributed by atoms with E-state index in [1.807, 2.05) is 0 Å². The molecule has 1 amide bonds. The van der Waals surface area contributed by atoms with Crippen LogP contribution in [0.4, 0.5) is 0 Å². The van der Waals surface area contributed by atoms with Crippen molar-refractivity contribution in [2.24, 2.45) is 5.92 Å². The maximum Gasteiger partial charge on any atom is 0.358 e. The lowest BCUT2D eigenvalue weighted by molar-refractivity contribution is -0.125. The molecule has 0 aromatic carbocycles. The monoisotopic (exact) mass is 366 g/mol. The van der Waals surface area contributed by atoms with Crippen LogP contribution in [0.5, 0.6) is 0 Å². The van der Waals surface area contributed by atoms with Gasteiger partial charge in [-0.05, 0) is 0 Å². The lowest BCUT2D eigenvalue weighted by Crippen LogP contribution is -2.43. The van der Waals surface area contributed by atoms with E-state index in [4.69, 9.17) is 9.47 Å². The van der Waals surface area contributed by atoms with Gasteiger partial charge in [-0.15, -0.1) is 0 Å². The summed E-state index contributed by atoms with van der Waals surface area (Å²) in [4.78, 5) is 37.8. The molecule has 0 saturated carbocycles. The lowest BCUT2D eigenvalue weighted by Gasteiger charge is -2.27. The highest BCUT2D eigenvalue weighted by Gasteiger charge is 2.33. The molecule has 142 valence electrons. The summed E-state index contributed by atoms with van der Waals surface area (Å²) in [6.07, 6.45) is 0. The minimum Gasteiger partial charge on any atom is -0.464 e. The molecule has 1 aromatic rings. The number of amides is 1. The number of aromatic nitrogens is 2. The van der Waals surface area contributed by atoms with Crippen molar-refractivity contribution in [3.05, 3.63) is 17.5 Å². The number of hydrogen-bond donors (Lipinski definition) is 1. The predicted molar refractivity (Wildman–Crippen MR) is 87.6 cm³/mol. The average molecular weight is 366 g/mol. The molecule has 2 aliphatic rings. The Kier molecular flexibility index (Phi) is 5.52. The topological polar surface area (TPSA) is 112 Å². The van der Waals surface area contributed by atoms with Gasteiger partial charge in [-0.2, -0.15) is 5.10 Å². The first-order valence-electron chi connectivity index (χ1n) is 8.36. The maximum absolute atomic E-state index is 12.1. The summed E-state index contributed by atoms with van der Waals surface area (Å²) in [5, 5.41) is 7.12. The van der Waals surface area contributed by atoms with E-state index in [0.29, 0.717) is 39.4 Å². The summed E-state index contributed by atoms with van der Waals surface area (Å²) < 4.78 is 16.4. The van der Waals surface area contributed by atoms with Crippen molar-refractivity contribution >= 4 is 17.8 Å². The van der Waals surface area contributed by atoms with Crippen molar-refractivity contribution in [1.82, 2.24) is 20.0 Å². The van der Waals surface area contributed by atoms with Crippen LogP contribution in [0.1, 0.15) is 21.0 Å². The highest BCUT2D eigenvalue weighted by Crippen LogP contribution is 2.14. The number of nitrogens with one attached hydrogen (secondary N) is 1. The van der Waals surface area contributed by atoms with Crippen LogP contribution in [0, 0.1) is 5.92 Å². The second-order valence-corrected chi connectivity index (χ2v) is 6.32. The molecule has 0 radical (unpaired) electrons. The molecule has 10 nitrogen and oxygen atoms in total. The minimum atomic E-state index is -0.620. The van der Waals surface area contributed by atoms with Gasteiger partial charge in [0.05, 0.1) is 45.9 Å². The number of methoxy groups -OCH3 is 2. The number of hydrogen-bond acceptors (Lipinski definition) is 8. The van der Waals surface area contributed by atoms with E-state index in [1.54, 1.807) is 0 Å². The first kappa shape index (κ1) is 18.3. The zero-order valence-electron chi connectivity index (χ0n) is 14.8. The Balaban J connectivity index is 1.72. The summed E-state index contributed by atoms with van der Waals surface area (Å²) in [6.45, 7) is 3.05. The molecule has 2 bridgehead atoms. The Morgan fingerprint density at radius 1 is 1.23 bits per heavy atom. The molecule has 2 fully saturated rings. The smallest absolute Gasteiger partial charge is 0.358 e. The van der Waals surface area contributed by atoms with Gasteiger partial charge in [-0.1, -0.05) is 0 Å². The fraction of sp³-hybridized carbons (Fsp3) is 0.625. The van der Waals surface area contributed by atoms with Gasteiger partial charge in [-0.3, -0.25) is 14.4 Å². The molecule has 10 heteroatoms. The van der Waals surface area contributed by atoms with Crippen molar-refractivity contribution in [1.29, 1.82) is 0 Å². The Labute approximate surface area is 150 Å². The van der Waals surface area contributed by atoms with Crippen LogP contribution in [0.25, 0.3) is 0 Å². The van der Waals surface area contributed by atoms with Crippen LogP contribution >= 0.6 is 0 Å². The summed E-state index contributed by atoms with van der Waals surface area (Å²) in [7, 11) is 2.52. The fourth-order valence-corrected chi connectivity index (χ4v) is 3.20. The SMILES string of the molecule is COC(=O)c1cc(C(=O)OC)n(CCN2C[C@H]3COC[C@@H](C2)C(=O)N3)n1. The van der Waals surface area contributed by atoms with Crippen molar-refractivity contribution in [2.45, 2.75) is 12.6 Å². The van der Waals surface area contributed by atoms with Crippen LogP contribution in [0.2, 0.25) is 0 Å². The highest BCUT2D eigenvalue weighted by molar-refractivity contribution is 5.93. The minimum absolute atomic E-state index is 0.0114. The van der Waals surface area contributed by atoms with Gasteiger partial charge in [0.25, 0.3) is 0 Å². The maximum atomic E-state index is 12.1. The van der Waals surface area contributed by atoms with Crippen LogP contribution in [-0.4, -0.2) is 85.6 Å². The third-order valence-electron chi connectivity index (χ3n) is 4.51. The molecule has 0 spiro atoms. The van der Waals surface area contributed by atoms with Crippen molar-refractivity contribution in [3.8, 4) is 0 Å². The molecule has 2 aliphatic heterocycles. The largest absolute Gasteiger partial charge is 0.464 e. The van der Waals surface area contributed by atoms with E-state index < -0.39 is 11.9 Å². The molecule has 0 unspecified atom stereocenters. The first-order chi connectivity index (χ1) is 12.5. The number of rotatable bonds is 5. The molecular weight excluding hydrogens is 344 g/mol. The van der Waals surface area contributed by atoms with Gasteiger partial charge >= 0.3 is 11.9 Å². The van der Waals surface area contributed by atoms with Gasteiger partial charge in [0.2, 0.25) is 5.91 Å². The number of ether oxygens (including phenoxy) is 3. The fourth-order valence-electron chi connectivity index (χ4n) is 3.20. The van der Waals surface area contributed by atoms with Gasteiger partial charge in [0, 0.05) is 25.7 Å². The van der Waals surface area contributed by atoms with E-state index in [9.17, 15) is 14.4 Å². The second kappa shape index (κ2) is 7.83. The Morgan fingerprint density at radius 3 is 2.73 bits per heavy atom. The molecule has 3 rings (SSSR count). The predicted octanol–water partition coefficient (Wildman–Crippen LogP) is -1.10. The lowest BCUT2D eigenvalue weighted by atomic mass is 10.1. The van der Waals surface area contributed by atoms with Crippen LogP contribution < -0.4 is 5.32 Å². The van der Waals surface area contributed by atoms with Gasteiger partial charge < -0.3 is 19.5 Å². The van der Waals surface area contributed by atoms with E-state index in [1.165, 1.54) is 25.0 Å². The highest BCUT2D eigenvalue weighted by atomic mass is 16.5. The Bertz CT molecular complexity index is 703. The second-order valence-electron chi connectivity index (χ2n) is 6.32. The van der Waals surface area contributed by atoms with E-state index in [2.05, 4.69) is 20.1 Å². The number of fused-ring (bicyclic) bond motifs is 3. The molecule has 26 heavy (non-hydrogen) atoms. The zero-order valence-corrected chi connectivity index (χ0v) is 14.8. The number of esters is 2. The summed E-state index contributed by atoms with van der Waals surface area (Å²) >= 11 is 0. The third-order valence-corrected chi connectivity index (χ3v) is 4.51. The molecule has 2 saturated heterocycles. The number of nitrogens with zero attached hydrogens (tertiary/aromatic N) is 3. The Morgan fingerprint density at radius 2 is 2.00 bits per heavy atom. The van der Waals surface area contributed by atoms with Crippen LogP contribution in [0.3, 0.4) is 0 Å². The quantitative estimate of drug-likeness (QED) is 0.654. The molecule has 1 N–H and O–H groups in total. The van der Waals surface area contributed by atoms with E-state index in [0.717, 1.165) is 0 Å². The summed E-state index contributed by atoms with van der Waals surface area (Å²) in [6, 6.07) is 1.30. The number of carbonyl (C=O) groups excluding carboxylic acids is 3. The van der Waals surface area contributed by atoms with E-state index >= 15 is 0 Å². The van der Waals surface area contributed by atoms with Crippen molar-refractivity contribution in [3.63, 3.8) is 0 Å². The normalized spacial score (nSPS) is 23.1. The molecule has 2 atom stereocenters. The summed E-state index contributed by atoms with van der Waals surface area (Å²) in [5.41, 5.74) is 0.228. The molecule has 1 aromatic heterocycles. The van der Waals surface area contributed by atoms with Gasteiger partial charge in [-0.25, -0.2) is 9.59 Å². The van der Waals surface area contributed by atoms with Crippen molar-refractivity contribution in [2.75, 3.05) is 47.1 Å². The molecular formula is C16H22N4O6. The Hall–Kier alpha value is -2.46. The van der Waals surface area contributed by atoms with Gasteiger partial charge in [0.15, 0.2) is 5.69 Å². The zero-order chi connectivity index (χ0) is 18.7. The van der Waals surface area contributed by atoms with Crippen LogP contribution in [0.15, 0.2) is 6.07 Å². The molecule has 3 heterocycles. The van der Waals surface area contributed by atoms with E-state index in [-0.39, 0.29) is 29.3 Å². The number of carbonyl (C=O) groups is 3. The van der Waals surface area contributed by atoms with Gasteiger partial charge in [0.1, 0.15) is 5.69 Å². The van der Waals surface area contributed by atoms with Crippen molar-refractivity contribution < 1.29 is 28.6 Å². The van der Waals surface area contributed by atoms with Crippen LogP contribution in [-0.2, 0) is 25.5 Å². The third kappa shape index (κ3) is 3.86. The standard InChI is InChI=1S/C16H22N4O6/c1-24-15(22)12-5-13(16(23)25-2)20(18-12)4-3-19-6-10-8-26-9-11(7-19)17-14(10)21/h5,10-11H,3-4,6-9H2,1-2H3,(H,17,21)/t10-,11+/m1/s1. The first-order valence-corrected chi connectivity index (χ1v) is 8.36. The average Bonchev–Trinajstić information content (AvgIpc) is 2.89.